The second-order valence-corrected chi connectivity index (χ2v) is 6.33. The molecule has 2 heterocycles. The van der Waals surface area contributed by atoms with Crippen molar-refractivity contribution in [1.29, 1.82) is 0 Å². The predicted molar refractivity (Wildman–Crippen MR) is 94.8 cm³/mol. The normalized spacial score (nSPS) is 10.8. The topological polar surface area (TPSA) is 91.4 Å². The number of benzene rings is 1. The van der Waals surface area contributed by atoms with Crippen molar-refractivity contribution in [3.63, 3.8) is 0 Å². The Labute approximate surface area is 146 Å². The highest BCUT2D eigenvalue weighted by Crippen LogP contribution is 2.30. The van der Waals surface area contributed by atoms with Crippen molar-refractivity contribution < 1.29 is 14.5 Å². The Morgan fingerprint density at radius 1 is 1.36 bits per heavy atom. The molecule has 0 aliphatic carbocycles. The third-order valence-electron chi connectivity index (χ3n) is 3.85. The maximum Gasteiger partial charge on any atom is 0.294 e. The van der Waals surface area contributed by atoms with Crippen molar-refractivity contribution in [1.82, 2.24) is 4.57 Å². The van der Waals surface area contributed by atoms with Crippen molar-refractivity contribution in [2.24, 2.45) is 0 Å². The van der Waals surface area contributed by atoms with Gasteiger partial charge in [0.25, 0.3) is 11.2 Å². The van der Waals surface area contributed by atoms with E-state index in [1.807, 2.05) is 0 Å². The van der Waals surface area contributed by atoms with Crippen LogP contribution in [0.15, 0.2) is 40.5 Å². The highest BCUT2D eigenvalue weighted by molar-refractivity contribution is 7.17. The van der Waals surface area contributed by atoms with Gasteiger partial charge in [-0.25, -0.2) is 0 Å². The van der Waals surface area contributed by atoms with E-state index in [2.05, 4.69) is 0 Å². The fourth-order valence-electron chi connectivity index (χ4n) is 2.76. The number of fused-ring (bicyclic) bond motifs is 1. The molecule has 0 fully saturated rings. The molecular formula is C17H14N2O5S. The van der Waals surface area contributed by atoms with Crippen LogP contribution in [0, 0.1) is 10.1 Å². The molecule has 25 heavy (non-hydrogen) atoms. The number of hydrogen-bond donors (Lipinski definition) is 0. The maximum absolute atomic E-state index is 12.8. The number of carbonyl (C=O) groups is 1. The van der Waals surface area contributed by atoms with Crippen LogP contribution in [0.25, 0.3) is 10.2 Å². The number of nitrogens with zero attached hydrogens (tertiary/aromatic N) is 2. The van der Waals surface area contributed by atoms with E-state index >= 15 is 0 Å². The zero-order valence-electron chi connectivity index (χ0n) is 13.5. The monoisotopic (exact) mass is 358 g/mol. The number of non-ortho nitro benzene ring substituents is 1. The van der Waals surface area contributed by atoms with Crippen LogP contribution in [0.2, 0.25) is 0 Å². The van der Waals surface area contributed by atoms with Gasteiger partial charge in [0.15, 0.2) is 11.5 Å². The highest BCUT2D eigenvalue weighted by Gasteiger charge is 2.21. The fraction of sp³-hybridized carbons (Fsp3) is 0.176. The minimum Gasteiger partial charge on any atom is -0.491 e. The first-order valence-corrected chi connectivity index (χ1v) is 8.24. The molecule has 0 bridgehead atoms. The lowest BCUT2D eigenvalue weighted by molar-refractivity contribution is -0.384. The number of nitro groups is 1. The number of ketones is 1. The summed E-state index contributed by atoms with van der Waals surface area (Å²) in [5, 5.41) is 12.7. The molecule has 0 aliphatic heterocycles. The van der Waals surface area contributed by atoms with Crippen LogP contribution < -0.4 is 10.3 Å². The van der Waals surface area contributed by atoms with Crippen LogP contribution in [0.4, 0.5) is 5.69 Å². The quantitative estimate of drug-likeness (QED) is 0.397. The van der Waals surface area contributed by atoms with Crippen LogP contribution in [0.5, 0.6) is 5.75 Å². The molecule has 0 saturated heterocycles. The number of Topliss-reactive ketones (excluding diaryl/α,β-unsaturated/α-hetero) is 1. The summed E-state index contributed by atoms with van der Waals surface area (Å²) in [5.41, 5.74) is 1.01. The lowest BCUT2D eigenvalue weighted by Gasteiger charge is -2.13. The van der Waals surface area contributed by atoms with Crippen LogP contribution >= 0.6 is 11.3 Å². The smallest absolute Gasteiger partial charge is 0.294 e. The second-order valence-electron chi connectivity index (χ2n) is 5.42. The first kappa shape index (κ1) is 16.8. The predicted octanol–water partition coefficient (Wildman–Crippen LogP) is 3.23. The minimum atomic E-state index is -0.480. The highest BCUT2D eigenvalue weighted by atomic mass is 32.1. The second kappa shape index (κ2) is 6.48. The molecule has 3 rings (SSSR count). The van der Waals surface area contributed by atoms with Gasteiger partial charge in [0.1, 0.15) is 0 Å². The van der Waals surface area contributed by atoms with E-state index in [9.17, 15) is 19.7 Å². The molecule has 0 spiro atoms. The number of rotatable bonds is 5. The summed E-state index contributed by atoms with van der Waals surface area (Å²) < 4.78 is 7.33. The molecule has 1 aromatic carbocycles. The average Bonchev–Trinajstić information content (AvgIpc) is 3.05. The van der Waals surface area contributed by atoms with E-state index in [-0.39, 0.29) is 29.3 Å². The van der Waals surface area contributed by atoms with Crippen LogP contribution in [0.1, 0.15) is 22.8 Å². The largest absolute Gasteiger partial charge is 0.491 e. The number of hydrogen-bond acceptors (Lipinski definition) is 6. The Kier molecular flexibility index (Phi) is 4.37. The van der Waals surface area contributed by atoms with E-state index in [0.717, 1.165) is 0 Å². The first-order chi connectivity index (χ1) is 11.9. The van der Waals surface area contributed by atoms with Gasteiger partial charge in [-0.1, -0.05) is 12.1 Å². The Bertz CT molecular complexity index is 1050. The molecule has 0 aliphatic rings. The maximum atomic E-state index is 12.8. The summed E-state index contributed by atoms with van der Waals surface area (Å²) in [6.07, 6.45) is 0. The van der Waals surface area contributed by atoms with Gasteiger partial charge in [-0.3, -0.25) is 24.3 Å². The van der Waals surface area contributed by atoms with Crippen LogP contribution in [-0.2, 0) is 6.54 Å². The molecule has 8 heteroatoms. The van der Waals surface area contributed by atoms with Crippen molar-refractivity contribution in [3.05, 3.63) is 67.3 Å². The fourth-order valence-corrected chi connectivity index (χ4v) is 3.75. The van der Waals surface area contributed by atoms with E-state index < -0.39 is 10.5 Å². The molecule has 7 nitrogen and oxygen atoms in total. The van der Waals surface area contributed by atoms with Gasteiger partial charge in [0, 0.05) is 12.1 Å². The Balaban J connectivity index is 2.22. The van der Waals surface area contributed by atoms with Crippen molar-refractivity contribution in [2.75, 3.05) is 7.11 Å². The van der Waals surface area contributed by atoms with Gasteiger partial charge in [0.05, 0.1) is 34.4 Å². The Hall–Kier alpha value is -3.00. The van der Waals surface area contributed by atoms with Gasteiger partial charge < -0.3 is 4.74 Å². The number of methoxy groups -OCH3 is 1. The molecular weight excluding hydrogens is 344 g/mol. The summed E-state index contributed by atoms with van der Waals surface area (Å²) in [7, 11) is 1.35. The molecule has 3 aromatic rings. The summed E-state index contributed by atoms with van der Waals surface area (Å²) in [6.45, 7) is 1.53. The van der Waals surface area contributed by atoms with E-state index in [0.29, 0.717) is 15.8 Å². The van der Waals surface area contributed by atoms with Crippen LogP contribution in [0.3, 0.4) is 0 Å². The third-order valence-corrected chi connectivity index (χ3v) is 4.77. The number of pyridine rings is 1. The third kappa shape index (κ3) is 2.91. The molecule has 0 atom stereocenters. The standard InChI is InChI=1S/C17H14N2O5S/c1-10(20)14-15(24-2)17(21)18(13-6-7-25-16(13)14)9-11-4-3-5-12(8-11)19(22)23/h3-8H,9H2,1-2H3. The lowest BCUT2D eigenvalue weighted by Crippen LogP contribution is -2.24. The van der Waals surface area contributed by atoms with Gasteiger partial charge in [-0.05, 0) is 23.9 Å². The van der Waals surface area contributed by atoms with Crippen LogP contribution in [-0.4, -0.2) is 22.4 Å². The van der Waals surface area contributed by atoms with Crippen molar-refractivity contribution in [3.8, 4) is 5.75 Å². The molecule has 2 aromatic heterocycles. The molecule has 0 N–H and O–H groups in total. The average molecular weight is 358 g/mol. The Morgan fingerprint density at radius 2 is 2.12 bits per heavy atom. The summed E-state index contributed by atoms with van der Waals surface area (Å²) in [6, 6.07) is 7.86. The number of ether oxygens (including phenoxy) is 1. The zero-order chi connectivity index (χ0) is 18.1. The van der Waals surface area contributed by atoms with Gasteiger partial charge in [-0.15, -0.1) is 11.3 Å². The summed E-state index contributed by atoms with van der Waals surface area (Å²) in [4.78, 5) is 35.3. The molecule has 0 unspecified atom stereocenters. The SMILES string of the molecule is COc1c(C(C)=O)c2sccc2n(Cc2cccc([N+](=O)[O-])c2)c1=O. The Morgan fingerprint density at radius 3 is 2.76 bits per heavy atom. The molecule has 0 amide bonds. The summed E-state index contributed by atoms with van der Waals surface area (Å²) >= 11 is 1.34. The van der Waals surface area contributed by atoms with E-state index in [1.165, 1.54) is 42.1 Å². The number of nitro benzene ring substituents is 1. The number of carbonyl (C=O) groups excluding carboxylic acids is 1. The number of thiophene rings is 1. The number of aromatic nitrogens is 1. The lowest BCUT2D eigenvalue weighted by atomic mass is 10.1. The summed E-state index contributed by atoms with van der Waals surface area (Å²) in [5.74, 6) is -0.253. The van der Waals surface area contributed by atoms with Gasteiger partial charge in [-0.2, -0.15) is 0 Å². The van der Waals surface area contributed by atoms with E-state index in [4.69, 9.17) is 4.74 Å². The zero-order valence-corrected chi connectivity index (χ0v) is 14.3. The van der Waals surface area contributed by atoms with Gasteiger partial charge in [0.2, 0.25) is 0 Å². The van der Waals surface area contributed by atoms with E-state index in [1.54, 1.807) is 23.6 Å². The first-order valence-electron chi connectivity index (χ1n) is 7.36. The van der Waals surface area contributed by atoms with Crippen molar-refractivity contribution >= 4 is 33.0 Å². The van der Waals surface area contributed by atoms with Gasteiger partial charge >= 0.3 is 0 Å². The molecule has 128 valence electrons. The molecule has 0 saturated carbocycles. The minimum absolute atomic E-state index is 0.00659. The van der Waals surface area contributed by atoms with Crippen molar-refractivity contribution in [2.45, 2.75) is 13.5 Å². The molecule has 0 radical (unpaired) electrons.